The molecule has 176 valence electrons. The first-order chi connectivity index (χ1) is 16.5. The second kappa shape index (κ2) is 11.1. The van der Waals surface area contributed by atoms with Gasteiger partial charge in [-0.05, 0) is 79.1 Å². The first-order valence-corrected chi connectivity index (χ1v) is 12.2. The summed E-state index contributed by atoms with van der Waals surface area (Å²) in [6, 6.07) is 21.5. The van der Waals surface area contributed by atoms with Crippen molar-refractivity contribution in [2.75, 3.05) is 6.61 Å². The Morgan fingerprint density at radius 1 is 0.882 bits per heavy atom. The molecule has 0 aromatic heterocycles. The number of unbranched alkanes of at least 4 members (excludes halogenated alkanes) is 2. The zero-order valence-corrected chi connectivity index (χ0v) is 20.0. The van der Waals surface area contributed by atoms with Crippen molar-refractivity contribution >= 4 is 11.9 Å². The van der Waals surface area contributed by atoms with Crippen molar-refractivity contribution in [3.8, 4) is 16.9 Å². The van der Waals surface area contributed by atoms with Crippen LogP contribution < -0.4 is 4.74 Å². The monoisotopic (exact) mass is 456 g/mol. The number of carbonyl (C=O) groups is 2. The van der Waals surface area contributed by atoms with E-state index in [2.05, 4.69) is 38.1 Å². The van der Waals surface area contributed by atoms with E-state index < -0.39 is 0 Å². The summed E-state index contributed by atoms with van der Waals surface area (Å²) >= 11 is 0. The molecule has 4 nitrogen and oxygen atoms in total. The topological polar surface area (TPSA) is 52.6 Å². The fraction of sp³-hybridized carbons (Fsp3) is 0.333. The van der Waals surface area contributed by atoms with Crippen molar-refractivity contribution in [2.45, 2.75) is 52.4 Å². The first-order valence-electron chi connectivity index (χ1n) is 12.2. The van der Waals surface area contributed by atoms with Gasteiger partial charge in [-0.2, -0.15) is 0 Å². The third kappa shape index (κ3) is 5.93. The maximum Gasteiger partial charge on any atom is 0.343 e. The van der Waals surface area contributed by atoms with E-state index in [4.69, 9.17) is 9.47 Å². The first kappa shape index (κ1) is 23.7. The quantitative estimate of drug-likeness (QED) is 0.214. The summed E-state index contributed by atoms with van der Waals surface area (Å²) in [6.07, 6.45) is 5.34. The number of hydrogen-bond donors (Lipinski definition) is 0. The highest BCUT2D eigenvalue weighted by atomic mass is 16.5. The molecule has 1 aliphatic rings. The Labute approximate surface area is 201 Å². The smallest absolute Gasteiger partial charge is 0.343 e. The SMILES string of the molecule is CCCCCOC(=O)C1CCc2cc(OC(=O)c3ccc(-c4ccc(C)cc4)cc3)ccc2C1. The van der Waals surface area contributed by atoms with Crippen molar-refractivity contribution in [1.82, 2.24) is 0 Å². The molecule has 1 aliphatic carbocycles. The molecule has 0 saturated heterocycles. The van der Waals surface area contributed by atoms with Crippen LogP contribution in [0.2, 0.25) is 0 Å². The van der Waals surface area contributed by atoms with Gasteiger partial charge < -0.3 is 9.47 Å². The standard InChI is InChI=1S/C30H32O4/c1-3-4-5-18-33-29(31)27-15-14-26-20-28(17-16-25(26)19-27)34-30(32)24-12-10-23(11-13-24)22-8-6-21(2)7-9-22/h6-13,16-17,20,27H,3-5,14-15,18-19H2,1-2H3. The van der Waals surface area contributed by atoms with Gasteiger partial charge in [0, 0.05) is 0 Å². The van der Waals surface area contributed by atoms with E-state index in [0.29, 0.717) is 24.3 Å². The lowest BCUT2D eigenvalue weighted by atomic mass is 9.84. The zero-order valence-electron chi connectivity index (χ0n) is 20.0. The Balaban J connectivity index is 1.35. The molecule has 0 saturated carbocycles. The number of rotatable bonds is 8. The molecule has 3 aromatic rings. The third-order valence-electron chi connectivity index (χ3n) is 6.45. The molecule has 4 heteroatoms. The Bertz CT molecular complexity index is 1130. The number of aryl methyl sites for hydroxylation is 2. The molecule has 0 radical (unpaired) electrons. The fourth-order valence-electron chi connectivity index (χ4n) is 4.35. The molecule has 4 rings (SSSR count). The minimum absolute atomic E-state index is 0.0884. The van der Waals surface area contributed by atoms with Crippen molar-refractivity contribution in [3.05, 3.63) is 89.0 Å². The minimum Gasteiger partial charge on any atom is -0.465 e. The molecule has 3 aromatic carbocycles. The van der Waals surface area contributed by atoms with Crippen molar-refractivity contribution in [3.63, 3.8) is 0 Å². The summed E-state index contributed by atoms with van der Waals surface area (Å²) in [5.41, 5.74) is 6.16. The molecule has 0 heterocycles. The number of benzene rings is 3. The van der Waals surface area contributed by atoms with E-state index in [9.17, 15) is 9.59 Å². The molecule has 0 N–H and O–H groups in total. The summed E-state index contributed by atoms with van der Waals surface area (Å²) in [6.45, 7) is 4.70. The number of carbonyl (C=O) groups excluding carboxylic acids is 2. The lowest BCUT2D eigenvalue weighted by molar-refractivity contribution is -0.149. The highest BCUT2D eigenvalue weighted by molar-refractivity contribution is 5.91. The largest absolute Gasteiger partial charge is 0.465 e. The molecule has 0 aliphatic heterocycles. The Morgan fingerprint density at radius 3 is 2.29 bits per heavy atom. The van der Waals surface area contributed by atoms with Gasteiger partial charge in [-0.1, -0.05) is 67.8 Å². The minimum atomic E-state index is -0.375. The average Bonchev–Trinajstić information content (AvgIpc) is 2.86. The van der Waals surface area contributed by atoms with Gasteiger partial charge in [0.05, 0.1) is 18.1 Å². The van der Waals surface area contributed by atoms with E-state index >= 15 is 0 Å². The van der Waals surface area contributed by atoms with Crippen molar-refractivity contribution in [2.24, 2.45) is 5.92 Å². The number of ether oxygens (including phenoxy) is 2. The molecule has 0 spiro atoms. The normalized spacial score (nSPS) is 14.8. The second-order valence-electron chi connectivity index (χ2n) is 9.08. The molecule has 0 amide bonds. The Morgan fingerprint density at radius 2 is 1.59 bits per heavy atom. The summed E-state index contributed by atoms with van der Waals surface area (Å²) in [4.78, 5) is 25.1. The average molecular weight is 457 g/mol. The van der Waals surface area contributed by atoms with Crippen LogP contribution in [0, 0.1) is 12.8 Å². The van der Waals surface area contributed by atoms with Gasteiger partial charge >= 0.3 is 11.9 Å². The lowest BCUT2D eigenvalue weighted by Gasteiger charge is -2.23. The van der Waals surface area contributed by atoms with Gasteiger partial charge in [-0.15, -0.1) is 0 Å². The molecule has 0 bridgehead atoms. The van der Waals surface area contributed by atoms with Gasteiger partial charge in [-0.25, -0.2) is 4.79 Å². The predicted molar refractivity (Wildman–Crippen MR) is 134 cm³/mol. The van der Waals surface area contributed by atoms with E-state index in [1.807, 2.05) is 30.3 Å². The molecular formula is C30H32O4. The molecular weight excluding hydrogens is 424 g/mol. The van der Waals surface area contributed by atoms with Gasteiger partial charge in [-0.3, -0.25) is 4.79 Å². The highest BCUT2D eigenvalue weighted by Crippen LogP contribution is 2.30. The molecule has 1 atom stereocenters. The summed E-state index contributed by atoms with van der Waals surface area (Å²) < 4.78 is 11.1. The van der Waals surface area contributed by atoms with Crippen LogP contribution in [-0.4, -0.2) is 18.5 Å². The maximum absolute atomic E-state index is 12.7. The third-order valence-corrected chi connectivity index (χ3v) is 6.45. The van der Waals surface area contributed by atoms with Crippen LogP contribution in [0.25, 0.3) is 11.1 Å². The van der Waals surface area contributed by atoms with Crippen LogP contribution in [-0.2, 0) is 22.4 Å². The van der Waals surface area contributed by atoms with Crippen LogP contribution in [0.15, 0.2) is 66.7 Å². The number of esters is 2. The zero-order chi connectivity index (χ0) is 23.9. The van der Waals surface area contributed by atoms with Crippen molar-refractivity contribution in [1.29, 1.82) is 0 Å². The predicted octanol–water partition coefficient (Wildman–Crippen LogP) is 6.72. The van der Waals surface area contributed by atoms with Crippen LogP contribution in [0.1, 0.15) is 59.7 Å². The Hall–Kier alpha value is -3.40. The molecule has 1 unspecified atom stereocenters. The van der Waals surface area contributed by atoms with E-state index in [-0.39, 0.29) is 17.9 Å². The van der Waals surface area contributed by atoms with Crippen LogP contribution in [0.3, 0.4) is 0 Å². The maximum atomic E-state index is 12.7. The van der Waals surface area contributed by atoms with Gasteiger partial charge in [0.25, 0.3) is 0 Å². The Kier molecular flexibility index (Phi) is 7.79. The van der Waals surface area contributed by atoms with Crippen LogP contribution in [0.5, 0.6) is 5.75 Å². The molecule has 34 heavy (non-hydrogen) atoms. The van der Waals surface area contributed by atoms with E-state index in [1.54, 1.807) is 12.1 Å². The highest BCUT2D eigenvalue weighted by Gasteiger charge is 2.26. The number of hydrogen-bond acceptors (Lipinski definition) is 4. The number of fused-ring (bicyclic) bond motifs is 1. The molecule has 0 fully saturated rings. The second-order valence-corrected chi connectivity index (χ2v) is 9.08. The van der Waals surface area contributed by atoms with Gasteiger partial charge in [0.15, 0.2) is 0 Å². The summed E-state index contributed by atoms with van der Waals surface area (Å²) in [7, 11) is 0. The lowest BCUT2D eigenvalue weighted by Crippen LogP contribution is -2.25. The van der Waals surface area contributed by atoms with Crippen molar-refractivity contribution < 1.29 is 19.1 Å². The van der Waals surface area contributed by atoms with Gasteiger partial charge in [0.2, 0.25) is 0 Å². The van der Waals surface area contributed by atoms with E-state index in [1.165, 1.54) is 5.56 Å². The van der Waals surface area contributed by atoms with Gasteiger partial charge in [0.1, 0.15) is 5.75 Å². The fourth-order valence-corrected chi connectivity index (χ4v) is 4.35. The summed E-state index contributed by atoms with van der Waals surface area (Å²) in [5, 5.41) is 0. The van der Waals surface area contributed by atoms with E-state index in [0.717, 1.165) is 54.4 Å². The summed E-state index contributed by atoms with van der Waals surface area (Å²) in [5.74, 6) is -0.0207. The van der Waals surface area contributed by atoms with Crippen LogP contribution >= 0.6 is 0 Å². The van der Waals surface area contributed by atoms with Crippen LogP contribution in [0.4, 0.5) is 0 Å².